The number of carbonyl (C=O) groups is 4. The summed E-state index contributed by atoms with van der Waals surface area (Å²) in [6.07, 6.45) is 49.9. The average Bonchev–Trinajstić information content (AvgIpc) is 3.14. The van der Waals surface area contributed by atoms with Crippen LogP contribution < -0.4 is 0 Å². The number of aliphatic hydroxyl groups is 1. The maximum absolute atomic E-state index is 13.0. The number of phosphoric ester groups is 2. The van der Waals surface area contributed by atoms with Gasteiger partial charge >= 0.3 is 39.5 Å². The number of unbranched alkanes of at least 4 members (excludes halogenated alkanes) is 40. The topological polar surface area (TPSA) is 237 Å². The quantitative estimate of drug-likeness (QED) is 0.0222. The number of rotatable bonds is 71. The Labute approximate surface area is 556 Å². The summed E-state index contributed by atoms with van der Waals surface area (Å²) in [5.41, 5.74) is 0. The predicted octanol–water partition coefficient (Wildman–Crippen LogP) is 20.8. The number of hydrogen-bond acceptors (Lipinski definition) is 15. The summed E-state index contributed by atoms with van der Waals surface area (Å²) >= 11 is 0. The van der Waals surface area contributed by atoms with Crippen LogP contribution in [0.4, 0.5) is 0 Å². The third-order valence-electron chi connectivity index (χ3n) is 17.1. The van der Waals surface area contributed by atoms with E-state index in [4.69, 9.17) is 37.0 Å². The Balaban J connectivity index is 5.21. The van der Waals surface area contributed by atoms with Gasteiger partial charge in [-0.15, -0.1) is 0 Å². The van der Waals surface area contributed by atoms with Gasteiger partial charge in [0.25, 0.3) is 0 Å². The SMILES string of the molecule is CCCCCCCCCCCCCC(=O)O[C@H](COC(=O)CCCCCCCCCC)COP(=O)(O)OC[C@H](O)COP(=O)(O)OC[C@@H](COC(=O)CCCCCCCCCCCCC(C)CC)OC(=O)CCCCCCCCCCCCCCCCCC(C)C. The molecule has 3 N–H and O–H groups in total. The van der Waals surface area contributed by atoms with Gasteiger partial charge in [0.2, 0.25) is 0 Å². The molecular formula is C72H140O17P2. The van der Waals surface area contributed by atoms with Crippen molar-refractivity contribution in [3.05, 3.63) is 0 Å². The van der Waals surface area contributed by atoms with Gasteiger partial charge in [-0.25, -0.2) is 9.13 Å². The number of phosphoric acid groups is 2. The van der Waals surface area contributed by atoms with E-state index in [-0.39, 0.29) is 25.7 Å². The molecule has 0 aromatic rings. The van der Waals surface area contributed by atoms with E-state index in [1.165, 1.54) is 180 Å². The van der Waals surface area contributed by atoms with Crippen molar-refractivity contribution in [2.24, 2.45) is 11.8 Å². The Morgan fingerprint density at radius 3 is 0.835 bits per heavy atom. The number of esters is 4. The molecule has 0 aliphatic heterocycles. The summed E-state index contributed by atoms with van der Waals surface area (Å²) in [6, 6.07) is 0. The molecule has 0 radical (unpaired) electrons. The summed E-state index contributed by atoms with van der Waals surface area (Å²) in [6.45, 7) is 9.59. The van der Waals surface area contributed by atoms with Crippen LogP contribution in [0.25, 0.3) is 0 Å². The highest BCUT2D eigenvalue weighted by atomic mass is 31.2. The smallest absolute Gasteiger partial charge is 0.462 e. The first-order valence-corrected chi connectivity index (χ1v) is 40.5. The Morgan fingerprint density at radius 1 is 0.319 bits per heavy atom. The maximum Gasteiger partial charge on any atom is 0.472 e. The van der Waals surface area contributed by atoms with Crippen LogP contribution in [0.2, 0.25) is 0 Å². The first-order chi connectivity index (χ1) is 43.9. The van der Waals surface area contributed by atoms with Crippen molar-refractivity contribution in [1.29, 1.82) is 0 Å². The standard InChI is InChI=1S/C72H140O17P2/c1-7-10-12-14-16-18-24-32-38-44-50-56-71(76)88-67(60-82-69(74)54-48-42-36-17-15-13-11-8-2)62-86-90(78,79)84-58-66(73)59-85-91(80,81)87-63-68(61-83-70(75)55-49-43-37-31-28-27-30-35-41-47-53-65(6)9-3)89-72(77)57-51-45-39-33-26-23-21-19-20-22-25-29-34-40-46-52-64(4)5/h64-68,73H,7-63H2,1-6H3,(H,78,79)(H,80,81)/t65?,66-,67+,68+/m0/s1. The van der Waals surface area contributed by atoms with Crippen LogP contribution in [0, 0.1) is 11.8 Å². The number of carbonyl (C=O) groups excluding carboxylic acids is 4. The summed E-state index contributed by atoms with van der Waals surface area (Å²) in [5, 5.41) is 10.6. The molecule has 19 heteroatoms. The molecule has 91 heavy (non-hydrogen) atoms. The van der Waals surface area contributed by atoms with E-state index in [1.54, 1.807) is 0 Å². The molecule has 0 fully saturated rings. The van der Waals surface area contributed by atoms with Crippen molar-refractivity contribution in [3.63, 3.8) is 0 Å². The third kappa shape index (κ3) is 65.1. The molecule has 0 aliphatic carbocycles. The molecule has 0 rings (SSSR count). The summed E-state index contributed by atoms with van der Waals surface area (Å²) in [5.74, 6) is -0.511. The van der Waals surface area contributed by atoms with Gasteiger partial charge in [0, 0.05) is 25.7 Å². The van der Waals surface area contributed by atoms with Crippen LogP contribution in [-0.4, -0.2) is 96.7 Å². The minimum atomic E-state index is -4.95. The number of ether oxygens (including phenoxy) is 4. The van der Waals surface area contributed by atoms with Crippen LogP contribution in [0.15, 0.2) is 0 Å². The first-order valence-electron chi connectivity index (χ1n) is 37.5. The monoisotopic (exact) mass is 1340 g/mol. The van der Waals surface area contributed by atoms with Crippen LogP contribution in [0.5, 0.6) is 0 Å². The largest absolute Gasteiger partial charge is 0.472 e. The van der Waals surface area contributed by atoms with E-state index in [2.05, 4.69) is 41.5 Å². The van der Waals surface area contributed by atoms with Gasteiger partial charge in [0.15, 0.2) is 12.2 Å². The lowest BCUT2D eigenvalue weighted by Crippen LogP contribution is -2.30. The van der Waals surface area contributed by atoms with Gasteiger partial charge in [-0.2, -0.15) is 0 Å². The van der Waals surface area contributed by atoms with Gasteiger partial charge in [-0.3, -0.25) is 37.3 Å². The van der Waals surface area contributed by atoms with Crippen LogP contribution in [0.3, 0.4) is 0 Å². The summed E-state index contributed by atoms with van der Waals surface area (Å²) in [7, 11) is -9.90. The summed E-state index contributed by atoms with van der Waals surface area (Å²) < 4.78 is 68.3. The van der Waals surface area contributed by atoms with Crippen molar-refractivity contribution >= 4 is 39.5 Å². The fraction of sp³-hybridized carbons (Fsp3) is 0.944. The molecule has 17 nitrogen and oxygen atoms in total. The van der Waals surface area contributed by atoms with E-state index in [0.29, 0.717) is 25.7 Å². The van der Waals surface area contributed by atoms with E-state index < -0.39 is 97.5 Å². The number of hydrogen-bond donors (Lipinski definition) is 3. The normalized spacial score (nSPS) is 14.4. The molecule has 0 bridgehead atoms. The van der Waals surface area contributed by atoms with E-state index in [0.717, 1.165) is 108 Å². The Kier molecular flexibility index (Phi) is 62.7. The van der Waals surface area contributed by atoms with E-state index in [9.17, 15) is 43.2 Å². The molecule has 6 atom stereocenters. The molecule has 0 aromatic heterocycles. The lowest BCUT2D eigenvalue weighted by molar-refractivity contribution is -0.161. The molecule has 0 saturated carbocycles. The van der Waals surface area contributed by atoms with Crippen molar-refractivity contribution in [1.82, 2.24) is 0 Å². The zero-order chi connectivity index (χ0) is 67.2. The fourth-order valence-electron chi connectivity index (χ4n) is 10.9. The van der Waals surface area contributed by atoms with Gasteiger partial charge in [0.1, 0.15) is 19.3 Å². The zero-order valence-electron chi connectivity index (χ0n) is 59.1. The number of aliphatic hydroxyl groups excluding tert-OH is 1. The van der Waals surface area contributed by atoms with Gasteiger partial charge in [-0.05, 0) is 37.5 Å². The van der Waals surface area contributed by atoms with E-state index in [1.807, 2.05) is 0 Å². The minimum Gasteiger partial charge on any atom is -0.462 e. The molecule has 0 heterocycles. The highest BCUT2D eigenvalue weighted by Gasteiger charge is 2.30. The van der Waals surface area contributed by atoms with Crippen LogP contribution >= 0.6 is 15.6 Å². The Bertz CT molecular complexity index is 1770. The molecule has 0 amide bonds. The highest BCUT2D eigenvalue weighted by molar-refractivity contribution is 7.47. The molecule has 3 unspecified atom stereocenters. The molecular weight excluding hydrogens is 1200 g/mol. The van der Waals surface area contributed by atoms with Crippen molar-refractivity contribution in [2.75, 3.05) is 39.6 Å². The van der Waals surface area contributed by atoms with Crippen LogP contribution in [-0.2, 0) is 65.4 Å². The average molecular weight is 1340 g/mol. The third-order valence-corrected chi connectivity index (χ3v) is 19.0. The molecule has 0 spiro atoms. The lowest BCUT2D eigenvalue weighted by atomic mass is 9.99. The molecule has 540 valence electrons. The maximum atomic E-state index is 13.0. The Morgan fingerprint density at radius 2 is 0.560 bits per heavy atom. The second-order valence-corrected chi connectivity index (χ2v) is 29.6. The van der Waals surface area contributed by atoms with Crippen LogP contribution in [0.1, 0.15) is 369 Å². The Hall–Kier alpha value is -1.94. The molecule has 0 aromatic carbocycles. The first kappa shape index (κ1) is 89.1. The zero-order valence-corrected chi connectivity index (χ0v) is 60.9. The minimum absolute atomic E-state index is 0.107. The summed E-state index contributed by atoms with van der Waals surface area (Å²) in [4.78, 5) is 72.5. The fourth-order valence-corrected chi connectivity index (χ4v) is 12.5. The van der Waals surface area contributed by atoms with E-state index >= 15 is 0 Å². The van der Waals surface area contributed by atoms with Gasteiger partial charge < -0.3 is 33.8 Å². The van der Waals surface area contributed by atoms with Gasteiger partial charge in [0.05, 0.1) is 26.4 Å². The second kappa shape index (κ2) is 64.1. The van der Waals surface area contributed by atoms with Crippen molar-refractivity contribution in [2.45, 2.75) is 387 Å². The highest BCUT2D eigenvalue weighted by Crippen LogP contribution is 2.45. The molecule has 0 aliphatic rings. The predicted molar refractivity (Wildman–Crippen MR) is 368 cm³/mol. The molecule has 0 saturated heterocycles. The van der Waals surface area contributed by atoms with Crippen molar-refractivity contribution < 1.29 is 80.2 Å². The second-order valence-electron chi connectivity index (χ2n) is 26.7. The van der Waals surface area contributed by atoms with Gasteiger partial charge in [-0.1, -0.05) is 318 Å². The lowest BCUT2D eigenvalue weighted by Gasteiger charge is -2.21. The van der Waals surface area contributed by atoms with Crippen molar-refractivity contribution in [3.8, 4) is 0 Å².